The van der Waals surface area contributed by atoms with Gasteiger partial charge in [0.2, 0.25) is 0 Å². The zero-order valence-corrected chi connectivity index (χ0v) is 14.7. The summed E-state index contributed by atoms with van der Waals surface area (Å²) in [6.45, 7) is 8.30. The fourth-order valence-corrected chi connectivity index (χ4v) is 2.68. The Balaban J connectivity index is 1.82. The van der Waals surface area contributed by atoms with Gasteiger partial charge in [-0.25, -0.2) is 0 Å². The van der Waals surface area contributed by atoms with Gasteiger partial charge < -0.3 is 9.31 Å². The van der Waals surface area contributed by atoms with E-state index in [-0.39, 0.29) is 18.3 Å². The molecule has 1 atom stereocenters. The van der Waals surface area contributed by atoms with Crippen molar-refractivity contribution in [3.8, 4) is 11.1 Å². The van der Waals surface area contributed by atoms with E-state index in [1.807, 2.05) is 0 Å². The minimum absolute atomic E-state index is 0.298. The van der Waals surface area contributed by atoms with Gasteiger partial charge in [0.15, 0.2) is 0 Å². The van der Waals surface area contributed by atoms with E-state index in [1.54, 1.807) is 0 Å². The zero-order valence-electron chi connectivity index (χ0n) is 13.6. The average molecular weight is 312 g/mol. The van der Waals surface area contributed by atoms with Gasteiger partial charge in [0, 0.05) is 0 Å². The van der Waals surface area contributed by atoms with Crippen molar-refractivity contribution in [1.29, 1.82) is 0 Å². The van der Waals surface area contributed by atoms with E-state index in [0.717, 1.165) is 5.46 Å². The Kier molecular flexibility index (Phi) is 3.93. The molecule has 2 aromatic carbocycles. The Morgan fingerprint density at radius 2 is 1.14 bits per heavy atom. The minimum atomic E-state index is -0.301. The zero-order chi connectivity index (χ0) is 16.0. The highest BCUT2D eigenvalue weighted by Gasteiger charge is 2.51. The smallest absolute Gasteiger partial charge is 0.399 e. The predicted molar refractivity (Wildman–Crippen MR) is 96.9 cm³/mol. The van der Waals surface area contributed by atoms with E-state index in [1.165, 1.54) is 16.4 Å². The topological polar surface area (TPSA) is 18.5 Å². The third kappa shape index (κ3) is 2.86. The number of rotatable bonds is 2. The number of benzene rings is 2. The fourth-order valence-electron chi connectivity index (χ4n) is 2.49. The van der Waals surface area contributed by atoms with Crippen molar-refractivity contribution in [2.45, 2.75) is 38.9 Å². The highest BCUT2D eigenvalue weighted by molar-refractivity contribution is 7.27. The molecular formula is C18H22BO2P. The molecule has 114 valence electrons. The molecule has 0 bridgehead atoms. The summed E-state index contributed by atoms with van der Waals surface area (Å²) in [5.74, 6) is 0. The van der Waals surface area contributed by atoms with Crippen molar-refractivity contribution >= 4 is 27.1 Å². The molecule has 1 aliphatic rings. The van der Waals surface area contributed by atoms with Crippen molar-refractivity contribution in [2.24, 2.45) is 0 Å². The van der Waals surface area contributed by atoms with Gasteiger partial charge in [-0.15, -0.1) is 9.24 Å². The van der Waals surface area contributed by atoms with E-state index >= 15 is 0 Å². The van der Waals surface area contributed by atoms with Crippen LogP contribution in [0, 0.1) is 0 Å². The van der Waals surface area contributed by atoms with Crippen molar-refractivity contribution in [2.75, 3.05) is 0 Å². The monoisotopic (exact) mass is 312 g/mol. The van der Waals surface area contributed by atoms with E-state index in [4.69, 9.17) is 9.31 Å². The van der Waals surface area contributed by atoms with E-state index in [9.17, 15) is 0 Å². The van der Waals surface area contributed by atoms with Crippen molar-refractivity contribution in [1.82, 2.24) is 0 Å². The molecule has 0 N–H and O–H groups in total. The maximum Gasteiger partial charge on any atom is 0.494 e. The molecule has 1 unspecified atom stereocenters. The van der Waals surface area contributed by atoms with Crippen LogP contribution in [0.15, 0.2) is 48.5 Å². The van der Waals surface area contributed by atoms with Gasteiger partial charge in [-0.1, -0.05) is 48.5 Å². The van der Waals surface area contributed by atoms with Gasteiger partial charge in [-0.3, -0.25) is 0 Å². The van der Waals surface area contributed by atoms with E-state index in [2.05, 4.69) is 85.5 Å². The Bertz CT molecular complexity index is 646. The summed E-state index contributed by atoms with van der Waals surface area (Å²) in [4.78, 5) is 0. The Labute approximate surface area is 135 Å². The quantitative estimate of drug-likeness (QED) is 0.626. The first-order chi connectivity index (χ1) is 10.3. The van der Waals surface area contributed by atoms with Gasteiger partial charge in [0.05, 0.1) is 11.2 Å². The van der Waals surface area contributed by atoms with Crippen LogP contribution in [0.3, 0.4) is 0 Å². The Morgan fingerprint density at radius 1 is 0.727 bits per heavy atom. The summed E-state index contributed by atoms with van der Waals surface area (Å²) >= 11 is 0. The molecule has 1 saturated heterocycles. The first-order valence-electron chi connectivity index (χ1n) is 7.60. The SMILES string of the molecule is CC1(C)OB(c2ccc(-c3ccc(P)cc3)cc2)OC1(C)C. The van der Waals surface area contributed by atoms with Gasteiger partial charge in [0.25, 0.3) is 0 Å². The fraction of sp³-hybridized carbons (Fsp3) is 0.333. The molecule has 4 heteroatoms. The van der Waals surface area contributed by atoms with Crippen molar-refractivity contribution < 1.29 is 9.31 Å². The van der Waals surface area contributed by atoms with Crippen LogP contribution in [0.1, 0.15) is 27.7 Å². The van der Waals surface area contributed by atoms with Crippen LogP contribution in [0.5, 0.6) is 0 Å². The second-order valence-electron chi connectivity index (χ2n) is 6.83. The molecule has 2 nitrogen and oxygen atoms in total. The average Bonchev–Trinajstić information content (AvgIpc) is 2.68. The summed E-state index contributed by atoms with van der Waals surface area (Å²) in [5, 5.41) is 1.19. The van der Waals surface area contributed by atoms with Crippen LogP contribution in [0.25, 0.3) is 11.1 Å². The maximum atomic E-state index is 6.09. The minimum Gasteiger partial charge on any atom is -0.399 e. The predicted octanol–water partition coefficient (Wildman–Crippen LogP) is 3.15. The van der Waals surface area contributed by atoms with Gasteiger partial charge in [-0.2, -0.15) is 0 Å². The van der Waals surface area contributed by atoms with Crippen LogP contribution >= 0.6 is 9.24 Å². The first kappa shape index (κ1) is 15.7. The van der Waals surface area contributed by atoms with Crippen molar-refractivity contribution in [3.05, 3.63) is 48.5 Å². The van der Waals surface area contributed by atoms with Crippen LogP contribution in [-0.4, -0.2) is 18.3 Å². The van der Waals surface area contributed by atoms with Gasteiger partial charge >= 0.3 is 7.12 Å². The molecule has 0 saturated carbocycles. The summed E-state index contributed by atoms with van der Waals surface area (Å²) in [7, 11) is 2.41. The first-order valence-corrected chi connectivity index (χ1v) is 8.18. The molecule has 0 aromatic heterocycles. The molecular weight excluding hydrogens is 290 g/mol. The van der Waals surface area contributed by atoms with Crippen LogP contribution < -0.4 is 10.8 Å². The lowest BCUT2D eigenvalue weighted by atomic mass is 9.78. The van der Waals surface area contributed by atoms with E-state index in [0.29, 0.717) is 0 Å². The number of hydrogen-bond acceptors (Lipinski definition) is 2. The lowest BCUT2D eigenvalue weighted by Gasteiger charge is -2.32. The highest BCUT2D eigenvalue weighted by atomic mass is 31.0. The third-order valence-corrected chi connectivity index (χ3v) is 5.07. The summed E-state index contributed by atoms with van der Waals surface area (Å²) < 4.78 is 12.2. The van der Waals surface area contributed by atoms with Gasteiger partial charge in [-0.05, 0) is 49.6 Å². The second-order valence-corrected chi connectivity index (χ2v) is 7.50. The van der Waals surface area contributed by atoms with E-state index < -0.39 is 0 Å². The lowest BCUT2D eigenvalue weighted by Crippen LogP contribution is -2.41. The highest BCUT2D eigenvalue weighted by Crippen LogP contribution is 2.36. The lowest BCUT2D eigenvalue weighted by molar-refractivity contribution is 0.00578. The molecule has 1 fully saturated rings. The van der Waals surface area contributed by atoms with Crippen LogP contribution in [0.4, 0.5) is 0 Å². The molecule has 2 aromatic rings. The molecule has 0 spiro atoms. The Hall–Kier alpha value is -1.15. The molecule has 3 rings (SSSR count). The summed E-state index contributed by atoms with van der Waals surface area (Å²) in [6.07, 6.45) is 0. The van der Waals surface area contributed by atoms with Crippen LogP contribution in [0.2, 0.25) is 0 Å². The summed E-state index contributed by atoms with van der Waals surface area (Å²) in [6, 6.07) is 16.9. The Morgan fingerprint density at radius 3 is 1.59 bits per heavy atom. The molecule has 0 aliphatic carbocycles. The molecule has 0 amide bonds. The normalized spacial score (nSPS) is 19.4. The van der Waals surface area contributed by atoms with Gasteiger partial charge in [0.1, 0.15) is 0 Å². The largest absolute Gasteiger partial charge is 0.494 e. The second kappa shape index (κ2) is 5.49. The van der Waals surface area contributed by atoms with Crippen molar-refractivity contribution in [3.63, 3.8) is 0 Å². The number of hydrogen-bond donors (Lipinski definition) is 0. The summed E-state index contributed by atoms with van der Waals surface area (Å²) in [5.41, 5.74) is 2.87. The molecule has 22 heavy (non-hydrogen) atoms. The maximum absolute atomic E-state index is 6.09. The third-order valence-electron chi connectivity index (χ3n) is 4.68. The molecule has 1 aliphatic heterocycles. The standard InChI is InChI=1S/C18H22BO2P/c1-17(2)18(3,4)21-19(20-17)15-9-5-13(6-10-15)14-7-11-16(22)12-8-14/h5-12H,22H2,1-4H3. The molecule has 1 heterocycles. The van der Waals surface area contributed by atoms with Crippen LogP contribution in [-0.2, 0) is 9.31 Å². The molecule has 0 radical (unpaired) electrons.